The van der Waals surface area contributed by atoms with Gasteiger partial charge in [-0.25, -0.2) is 0 Å². The van der Waals surface area contributed by atoms with Crippen molar-refractivity contribution >= 4 is 24.0 Å². The maximum Gasteiger partial charge on any atom is 1.00 e. The molecular formula is C7H11CsS2. The molecule has 1 rings (SSSR count). The van der Waals surface area contributed by atoms with Crippen molar-refractivity contribution in [1.29, 1.82) is 0 Å². The van der Waals surface area contributed by atoms with Crippen molar-refractivity contribution in [3.05, 3.63) is 17.0 Å². The second-order valence-corrected chi connectivity index (χ2v) is 3.35. The minimum atomic E-state index is 0. The van der Waals surface area contributed by atoms with Gasteiger partial charge in [-0.3, -0.25) is 0 Å². The van der Waals surface area contributed by atoms with Crippen LogP contribution in [0.3, 0.4) is 0 Å². The van der Waals surface area contributed by atoms with Crippen LogP contribution in [0.5, 0.6) is 0 Å². The third kappa shape index (κ3) is 6.67. The molecular weight excluding hydrogens is 281 g/mol. The molecule has 10 heavy (non-hydrogen) atoms. The number of aryl methyl sites for hydroxylation is 1. The van der Waals surface area contributed by atoms with E-state index in [1.165, 1.54) is 4.88 Å². The van der Waals surface area contributed by atoms with Crippen LogP contribution in [0.2, 0.25) is 0 Å². The van der Waals surface area contributed by atoms with Gasteiger partial charge in [0.25, 0.3) is 0 Å². The topological polar surface area (TPSA) is 0 Å². The first-order valence-electron chi connectivity index (χ1n) is 3.02. The molecule has 1 aromatic heterocycles. The molecule has 0 radical (unpaired) electrons. The predicted molar refractivity (Wildman–Crippen MR) is 46.0 cm³/mol. The molecule has 52 valence electrons. The molecule has 0 spiro atoms. The minimum absolute atomic E-state index is 0. The largest absolute Gasteiger partial charge is 1.00 e. The summed E-state index contributed by atoms with van der Waals surface area (Å²) in [6, 6.07) is 3.99. The number of rotatable bonds is 0. The van der Waals surface area contributed by atoms with Crippen molar-refractivity contribution in [2.75, 3.05) is 0 Å². The standard InChI is InChI=1S/C5H6S2.C2H6.Cs/c1-4-2-3-5(6)7-4;1-2;/h2-3,6H,1H3;1-2H3;/q;;+1/p-1. The van der Waals surface area contributed by atoms with Crippen LogP contribution in [0.4, 0.5) is 0 Å². The van der Waals surface area contributed by atoms with E-state index < -0.39 is 0 Å². The van der Waals surface area contributed by atoms with Gasteiger partial charge in [-0.2, -0.15) is 0 Å². The van der Waals surface area contributed by atoms with Crippen molar-refractivity contribution in [1.82, 2.24) is 0 Å². The number of hydrogen-bond acceptors (Lipinski definition) is 2. The molecule has 0 amide bonds. The quantitative estimate of drug-likeness (QED) is 0.606. The Kier molecular flexibility index (Phi) is 13.1. The molecule has 0 aliphatic heterocycles. The summed E-state index contributed by atoms with van der Waals surface area (Å²) in [6.07, 6.45) is 0. The zero-order valence-corrected chi connectivity index (χ0v) is 14.9. The molecule has 0 bridgehead atoms. The Balaban J connectivity index is 0. The Labute approximate surface area is 132 Å². The summed E-state index contributed by atoms with van der Waals surface area (Å²) in [5.41, 5.74) is 0. The van der Waals surface area contributed by atoms with Crippen LogP contribution in [0.1, 0.15) is 18.7 Å². The van der Waals surface area contributed by atoms with Gasteiger partial charge in [-0.05, 0) is 6.92 Å². The minimum Gasteiger partial charge on any atom is -0.428 e. The van der Waals surface area contributed by atoms with E-state index in [1.807, 2.05) is 26.0 Å². The van der Waals surface area contributed by atoms with Gasteiger partial charge in [0.05, 0.1) is 0 Å². The summed E-state index contributed by atoms with van der Waals surface area (Å²) in [6.45, 7) is 6.06. The van der Waals surface area contributed by atoms with Crippen LogP contribution in [0.15, 0.2) is 16.3 Å². The van der Waals surface area contributed by atoms with E-state index >= 15 is 0 Å². The molecule has 1 heterocycles. The van der Waals surface area contributed by atoms with Crippen molar-refractivity contribution < 1.29 is 68.9 Å². The molecule has 0 nitrogen and oxygen atoms in total. The molecule has 3 heteroatoms. The summed E-state index contributed by atoms with van der Waals surface area (Å²) in [7, 11) is 0. The zero-order valence-electron chi connectivity index (χ0n) is 6.97. The molecule has 0 unspecified atom stereocenters. The van der Waals surface area contributed by atoms with Gasteiger partial charge in [0.2, 0.25) is 0 Å². The number of hydrogen-bond donors (Lipinski definition) is 0. The molecule has 0 fully saturated rings. The van der Waals surface area contributed by atoms with Crippen LogP contribution >= 0.6 is 11.3 Å². The predicted octanol–water partition coefficient (Wildman–Crippen LogP) is -0.00748. The van der Waals surface area contributed by atoms with E-state index in [9.17, 15) is 0 Å². The van der Waals surface area contributed by atoms with Gasteiger partial charge in [0.1, 0.15) is 0 Å². The normalized spacial score (nSPS) is 7.10. The summed E-state index contributed by atoms with van der Waals surface area (Å²) in [5.74, 6) is 0. The fourth-order valence-corrected chi connectivity index (χ4v) is 1.46. The summed E-state index contributed by atoms with van der Waals surface area (Å²) in [4.78, 5) is 1.30. The average Bonchev–Trinajstić information content (AvgIpc) is 2.20. The van der Waals surface area contributed by atoms with Crippen molar-refractivity contribution in [2.24, 2.45) is 0 Å². The second kappa shape index (κ2) is 9.06. The van der Waals surface area contributed by atoms with E-state index in [2.05, 4.69) is 6.92 Å². The third-order valence-corrected chi connectivity index (χ3v) is 1.90. The van der Waals surface area contributed by atoms with Gasteiger partial charge in [-0.15, -0.1) is 4.21 Å². The molecule has 1 aromatic rings. The molecule has 0 saturated carbocycles. The third-order valence-electron chi connectivity index (χ3n) is 0.716. The van der Waals surface area contributed by atoms with Gasteiger partial charge in [0, 0.05) is 0 Å². The Morgan fingerprint density at radius 3 is 1.90 bits per heavy atom. The van der Waals surface area contributed by atoms with E-state index in [1.54, 1.807) is 11.3 Å². The van der Waals surface area contributed by atoms with E-state index in [0.717, 1.165) is 4.21 Å². The van der Waals surface area contributed by atoms with Gasteiger partial charge in [-0.1, -0.05) is 30.9 Å². The smallest absolute Gasteiger partial charge is 0.428 e. The maximum atomic E-state index is 4.85. The average molecular weight is 292 g/mol. The van der Waals surface area contributed by atoms with E-state index in [0.29, 0.717) is 0 Å². The van der Waals surface area contributed by atoms with E-state index in [4.69, 9.17) is 12.6 Å². The van der Waals surface area contributed by atoms with Crippen molar-refractivity contribution in [3.63, 3.8) is 0 Å². The monoisotopic (exact) mass is 292 g/mol. The summed E-state index contributed by atoms with van der Waals surface area (Å²) < 4.78 is 0.984. The molecule has 0 N–H and O–H groups in total. The fourth-order valence-electron chi connectivity index (χ4n) is 0.412. The molecule has 0 saturated heterocycles. The van der Waals surface area contributed by atoms with Crippen molar-refractivity contribution in [2.45, 2.75) is 25.0 Å². The molecule has 0 aromatic carbocycles. The maximum absolute atomic E-state index is 4.85. The van der Waals surface area contributed by atoms with Crippen LogP contribution in [-0.2, 0) is 12.6 Å². The Morgan fingerprint density at radius 2 is 1.80 bits per heavy atom. The Bertz CT molecular complexity index is 144. The van der Waals surface area contributed by atoms with Crippen LogP contribution in [0.25, 0.3) is 0 Å². The molecule has 0 aliphatic carbocycles. The number of thiophene rings is 1. The fraction of sp³-hybridized carbons (Fsp3) is 0.429. The second-order valence-electron chi connectivity index (χ2n) is 1.37. The van der Waals surface area contributed by atoms with E-state index in [-0.39, 0.29) is 68.9 Å². The van der Waals surface area contributed by atoms with Crippen LogP contribution < -0.4 is 68.9 Å². The Hall–Kier alpha value is 1.97. The van der Waals surface area contributed by atoms with Gasteiger partial charge >= 0.3 is 68.9 Å². The van der Waals surface area contributed by atoms with Crippen LogP contribution in [-0.4, -0.2) is 0 Å². The van der Waals surface area contributed by atoms with Crippen molar-refractivity contribution in [3.8, 4) is 0 Å². The van der Waals surface area contributed by atoms with Crippen LogP contribution in [0, 0.1) is 6.92 Å². The summed E-state index contributed by atoms with van der Waals surface area (Å²) >= 11 is 6.51. The molecule has 0 atom stereocenters. The van der Waals surface area contributed by atoms with Gasteiger partial charge in [0.15, 0.2) is 0 Å². The molecule has 0 aliphatic rings. The first-order chi connectivity index (χ1) is 4.29. The SMILES string of the molecule is CC.Cc1ccc([S-])s1.[Cs+]. The first-order valence-corrected chi connectivity index (χ1v) is 4.25. The zero-order chi connectivity index (χ0) is 7.28. The van der Waals surface area contributed by atoms with Gasteiger partial charge < -0.3 is 24.0 Å². The summed E-state index contributed by atoms with van der Waals surface area (Å²) in [5, 5.41) is 0. The Morgan fingerprint density at radius 1 is 1.30 bits per heavy atom. The first kappa shape index (κ1) is 14.5.